The van der Waals surface area contributed by atoms with Crippen LogP contribution >= 0.6 is 15.9 Å². The number of methoxy groups -OCH3 is 1. The highest BCUT2D eigenvalue weighted by atomic mass is 79.9. The minimum atomic E-state index is -0.914. The number of amides is 1. The molecule has 172 valence electrons. The van der Waals surface area contributed by atoms with Crippen molar-refractivity contribution in [1.29, 1.82) is 0 Å². The first-order chi connectivity index (χ1) is 16.5. The molecule has 8 heteroatoms. The fraction of sp³-hybridized carbons (Fsp3) is 0.154. The highest BCUT2D eigenvalue weighted by molar-refractivity contribution is 9.10. The molecular formula is C26H20BrNO6. The van der Waals surface area contributed by atoms with E-state index >= 15 is 0 Å². The van der Waals surface area contributed by atoms with Gasteiger partial charge >= 0.3 is 0 Å². The Morgan fingerprint density at radius 2 is 1.71 bits per heavy atom. The number of carbonyl (C=O) groups is 2. The molecule has 0 bridgehead atoms. The summed E-state index contributed by atoms with van der Waals surface area (Å²) in [5.74, 6) is -0.273. The largest absolute Gasteiger partial charge is 0.507 e. The summed E-state index contributed by atoms with van der Waals surface area (Å²) in [5, 5.41) is 11.2. The molecular weight excluding hydrogens is 502 g/mol. The number of Topliss-reactive ketones (excluding diaryl/α,β-unsaturated/α-hetero) is 1. The van der Waals surface area contributed by atoms with Crippen molar-refractivity contribution in [2.24, 2.45) is 0 Å². The molecule has 1 N–H and O–H groups in total. The molecule has 2 aliphatic heterocycles. The number of nitrogens with zero attached hydrogens (tertiary/aromatic N) is 1. The number of anilines is 1. The quantitative estimate of drug-likeness (QED) is 0.300. The van der Waals surface area contributed by atoms with Crippen molar-refractivity contribution in [3.8, 4) is 17.2 Å². The number of fused-ring (bicyclic) bond motifs is 1. The predicted octanol–water partition coefficient (Wildman–Crippen LogP) is 4.86. The number of para-hydroxylation sites is 1. The van der Waals surface area contributed by atoms with Crippen LogP contribution in [0.25, 0.3) is 5.76 Å². The lowest BCUT2D eigenvalue weighted by Crippen LogP contribution is -2.30. The molecule has 1 atom stereocenters. The normalized spacial score (nSPS) is 18.8. The van der Waals surface area contributed by atoms with Gasteiger partial charge in [0.2, 0.25) is 0 Å². The zero-order valence-corrected chi connectivity index (χ0v) is 19.7. The molecule has 1 amide bonds. The number of ketones is 1. The van der Waals surface area contributed by atoms with Gasteiger partial charge in [-0.1, -0.05) is 46.3 Å². The minimum absolute atomic E-state index is 0.0216. The fourth-order valence-electron chi connectivity index (χ4n) is 4.23. The van der Waals surface area contributed by atoms with E-state index in [1.165, 1.54) is 12.0 Å². The van der Waals surface area contributed by atoms with Crippen LogP contribution in [0.3, 0.4) is 0 Å². The number of benzene rings is 3. The van der Waals surface area contributed by atoms with Gasteiger partial charge in [0.25, 0.3) is 11.7 Å². The number of aliphatic hydroxyl groups excluding tert-OH is 1. The summed E-state index contributed by atoms with van der Waals surface area (Å²) in [6, 6.07) is 18.1. The first kappa shape index (κ1) is 22.0. The molecule has 3 aromatic carbocycles. The molecule has 7 nitrogen and oxygen atoms in total. The Labute approximate surface area is 204 Å². The molecule has 5 rings (SSSR count). The van der Waals surface area contributed by atoms with Crippen molar-refractivity contribution in [3.05, 3.63) is 87.9 Å². The monoisotopic (exact) mass is 521 g/mol. The van der Waals surface area contributed by atoms with Gasteiger partial charge in [-0.2, -0.15) is 0 Å². The highest BCUT2D eigenvalue weighted by Gasteiger charge is 2.48. The lowest BCUT2D eigenvalue weighted by Gasteiger charge is -2.28. The molecule has 1 unspecified atom stereocenters. The Balaban J connectivity index is 1.72. The van der Waals surface area contributed by atoms with Crippen LogP contribution in [0.1, 0.15) is 17.2 Å². The third-order valence-corrected chi connectivity index (χ3v) is 6.33. The van der Waals surface area contributed by atoms with Crippen LogP contribution in [0.4, 0.5) is 5.69 Å². The number of carbonyl (C=O) groups excluding carboxylic acids is 2. The topological polar surface area (TPSA) is 85.3 Å². The van der Waals surface area contributed by atoms with E-state index in [0.29, 0.717) is 47.3 Å². The van der Waals surface area contributed by atoms with Crippen molar-refractivity contribution in [3.63, 3.8) is 0 Å². The highest BCUT2D eigenvalue weighted by Crippen LogP contribution is 2.46. The van der Waals surface area contributed by atoms with E-state index in [1.54, 1.807) is 66.7 Å². The van der Waals surface area contributed by atoms with Crippen molar-refractivity contribution < 1.29 is 28.9 Å². The maximum absolute atomic E-state index is 13.4. The molecule has 0 aromatic heterocycles. The lowest BCUT2D eigenvalue weighted by atomic mass is 9.94. The summed E-state index contributed by atoms with van der Waals surface area (Å²) in [6.45, 7) is 0.819. The smallest absolute Gasteiger partial charge is 0.300 e. The van der Waals surface area contributed by atoms with Crippen LogP contribution in [0.5, 0.6) is 17.2 Å². The van der Waals surface area contributed by atoms with E-state index in [2.05, 4.69) is 15.9 Å². The summed E-state index contributed by atoms with van der Waals surface area (Å²) in [4.78, 5) is 28.1. The van der Waals surface area contributed by atoms with E-state index in [4.69, 9.17) is 14.2 Å². The maximum Gasteiger partial charge on any atom is 0.300 e. The van der Waals surface area contributed by atoms with E-state index < -0.39 is 17.7 Å². The van der Waals surface area contributed by atoms with Gasteiger partial charge in [-0.25, -0.2) is 0 Å². The fourth-order valence-corrected chi connectivity index (χ4v) is 4.49. The molecule has 34 heavy (non-hydrogen) atoms. The Bertz CT molecular complexity index is 1320. The van der Waals surface area contributed by atoms with Crippen LogP contribution in [0.2, 0.25) is 0 Å². The average molecular weight is 522 g/mol. The SMILES string of the molecule is COc1ccccc1C1/C(=C(\O)c2ccc(Br)cc2)C(=O)C(=O)N1c1ccc2c(c1)OCCO2. The first-order valence-corrected chi connectivity index (χ1v) is 11.4. The Morgan fingerprint density at radius 3 is 2.44 bits per heavy atom. The van der Waals surface area contributed by atoms with Crippen molar-refractivity contribution in [2.45, 2.75) is 6.04 Å². The van der Waals surface area contributed by atoms with Crippen molar-refractivity contribution in [2.75, 3.05) is 25.2 Å². The summed E-state index contributed by atoms with van der Waals surface area (Å²) < 4.78 is 17.7. The standard InChI is InChI=1S/C26H20BrNO6/c1-32-19-5-3-2-4-18(19)23-22(24(29)15-6-8-16(27)9-7-15)25(30)26(31)28(23)17-10-11-20-21(14-17)34-13-12-33-20/h2-11,14,23,29H,12-13H2,1H3/b24-22+. The molecule has 0 spiro atoms. The van der Waals surface area contributed by atoms with E-state index in [0.717, 1.165) is 4.47 Å². The minimum Gasteiger partial charge on any atom is -0.507 e. The number of rotatable bonds is 4. The molecule has 2 aliphatic rings. The van der Waals surface area contributed by atoms with Crippen LogP contribution < -0.4 is 19.1 Å². The first-order valence-electron chi connectivity index (χ1n) is 10.6. The third kappa shape index (κ3) is 3.70. The number of halogens is 1. The number of hydrogen-bond acceptors (Lipinski definition) is 6. The van der Waals surface area contributed by atoms with Gasteiger partial charge in [0, 0.05) is 27.4 Å². The van der Waals surface area contributed by atoms with Crippen molar-refractivity contribution >= 4 is 39.1 Å². The molecule has 0 saturated carbocycles. The molecule has 1 saturated heterocycles. The summed E-state index contributed by atoms with van der Waals surface area (Å²) in [7, 11) is 1.52. The maximum atomic E-state index is 13.4. The van der Waals surface area contributed by atoms with Gasteiger partial charge in [0.1, 0.15) is 24.7 Å². The van der Waals surface area contributed by atoms with Gasteiger partial charge in [0.05, 0.1) is 18.7 Å². The van der Waals surface area contributed by atoms with Gasteiger partial charge in [-0.15, -0.1) is 0 Å². The molecule has 0 radical (unpaired) electrons. The summed E-state index contributed by atoms with van der Waals surface area (Å²) >= 11 is 3.37. The van der Waals surface area contributed by atoms with E-state index in [-0.39, 0.29) is 11.3 Å². The zero-order valence-electron chi connectivity index (χ0n) is 18.2. The second-order valence-electron chi connectivity index (χ2n) is 7.75. The number of aliphatic hydroxyl groups is 1. The Hall–Kier alpha value is -3.78. The van der Waals surface area contributed by atoms with Crippen LogP contribution in [-0.4, -0.2) is 37.1 Å². The Kier molecular flexibility index (Phi) is 5.75. The van der Waals surface area contributed by atoms with E-state index in [1.807, 2.05) is 0 Å². The van der Waals surface area contributed by atoms with Gasteiger partial charge in [0.15, 0.2) is 11.5 Å². The number of ether oxygens (including phenoxy) is 3. The molecule has 1 fully saturated rings. The number of hydrogen-bond donors (Lipinski definition) is 1. The predicted molar refractivity (Wildman–Crippen MR) is 129 cm³/mol. The van der Waals surface area contributed by atoms with Crippen LogP contribution in [-0.2, 0) is 9.59 Å². The second kappa shape index (κ2) is 8.87. The second-order valence-corrected chi connectivity index (χ2v) is 8.66. The molecule has 0 aliphatic carbocycles. The summed E-state index contributed by atoms with van der Waals surface area (Å²) in [5.41, 5.74) is 1.41. The lowest BCUT2D eigenvalue weighted by molar-refractivity contribution is -0.132. The average Bonchev–Trinajstić information content (AvgIpc) is 3.13. The molecule has 3 aromatic rings. The molecule has 2 heterocycles. The third-order valence-electron chi connectivity index (χ3n) is 5.80. The van der Waals surface area contributed by atoms with E-state index in [9.17, 15) is 14.7 Å². The van der Waals surface area contributed by atoms with Crippen LogP contribution in [0.15, 0.2) is 76.8 Å². The van der Waals surface area contributed by atoms with Gasteiger partial charge in [-0.3, -0.25) is 14.5 Å². The summed E-state index contributed by atoms with van der Waals surface area (Å²) in [6.07, 6.45) is 0. The van der Waals surface area contributed by atoms with Crippen molar-refractivity contribution in [1.82, 2.24) is 0 Å². The van der Waals surface area contributed by atoms with Crippen LogP contribution in [0, 0.1) is 0 Å². The zero-order chi connectivity index (χ0) is 23.8. The van der Waals surface area contributed by atoms with Gasteiger partial charge < -0.3 is 19.3 Å². The Morgan fingerprint density at radius 1 is 1.00 bits per heavy atom. The van der Waals surface area contributed by atoms with Gasteiger partial charge in [-0.05, 0) is 30.3 Å².